The molecule has 0 atom stereocenters. The summed E-state index contributed by atoms with van der Waals surface area (Å²) in [5.41, 5.74) is -0.746. The number of hydrogen-bond donors (Lipinski definition) is 1. The van der Waals surface area contributed by atoms with E-state index in [1.54, 1.807) is 18.2 Å². The summed E-state index contributed by atoms with van der Waals surface area (Å²) in [6.07, 6.45) is -3.29. The van der Waals surface area contributed by atoms with E-state index in [1.807, 2.05) is 0 Å². The number of ether oxygens (including phenoxy) is 1. The molecule has 148 valence electrons. The van der Waals surface area contributed by atoms with Crippen LogP contribution in [0.3, 0.4) is 0 Å². The minimum absolute atomic E-state index is 0.130. The number of halogens is 3. The van der Waals surface area contributed by atoms with Gasteiger partial charge < -0.3 is 9.15 Å². The van der Waals surface area contributed by atoms with Crippen LogP contribution < -0.4 is 9.46 Å². The molecule has 0 aliphatic heterocycles. The number of sulfonamides is 1. The van der Waals surface area contributed by atoms with Crippen LogP contribution in [0.1, 0.15) is 5.56 Å². The number of furan rings is 1. The lowest BCUT2D eigenvalue weighted by atomic mass is 10.2. The van der Waals surface area contributed by atoms with Crippen LogP contribution in [0.5, 0.6) is 5.88 Å². The zero-order chi connectivity index (χ0) is 20.2. The highest BCUT2D eigenvalue weighted by molar-refractivity contribution is 7.89. The van der Waals surface area contributed by atoms with Gasteiger partial charge in [0.1, 0.15) is 12.3 Å². The smallest absolute Gasteiger partial charge is 0.417 e. The first-order valence-electron chi connectivity index (χ1n) is 7.94. The molecule has 1 N–H and O–H groups in total. The van der Waals surface area contributed by atoms with Crippen molar-refractivity contribution in [3.63, 3.8) is 0 Å². The Morgan fingerprint density at radius 1 is 1.04 bits per heavy atom. The third-order valence-electron chi connectivity index (χ3n) is 3.54. The molecule has 0 saturated carbocycles. The van der Waals surface area contributed by atoms with E-state index in [4.69, 9.17) is 9.15 Å². The van der Waals surface area contributed by atoms with E-state index in [0.717, 1.165) is 12.1 Å². The maximum Gasteiger partial charge on any atom is 0.417 e. The van der Waals surface area contributed by atoms with Gasteiger partial charge >= 0.3 is 6.18 Å². The Balaban J connectivity index is 1.58. The molecule has 3 rings (SSSR count). The van der Waals surface area contributed by atoms with E-state index in [-0.39, 0.29) is 19.0 Å². The predicted molar refractivity (Wildman–Crippen MR) is 91.9 cm³/mol. The Hall–Kier alpha value is -2.92. The summed E-state index contributed by atoms with van der Waals surface area (Å²) in [4.78, 5) is -0.843. The van der Waals surface area contributed by atoms with Crippen LogP contribution in [0.15, 0.2) is 64.1 Å². The highest BCUT2D eigenvalue weighted by Gasteiger charge is 2.36. The van der Waals surface area contributed by atoms with Gasteiger partial charge in [-0.05, 0) is 30.3 Å². The lowest BCUT2D eigenvalue weighted by Gasteiger charge is -2.13. The molecule has 0 aliphatic carbocycles. The largest absolute Gasteiger partial charge is 0.475 e. The number of hydrogen-bond acceptors (Lipinski definition) is 6. The molecule has 11 heteroatoms. The van der Waals surface area contributed by atoms with Crippen molar-refractivity contribution in [2.75, 3.05) is 13.2 Å². The van der Waals surface area contributed by atoms with Crippen LogP contribution >= 0.6 is 0 Å². The molecular weight excluding hydrogens is 399 g/mol. The molecule has 0 unspecified atom stereocenters. The zero-order valence-electron chi connectivity index (χ0n) is 14.2. The maximum atomic E-state index is 13.0. The first-order chi connectivity index (χ1) is 13.3. The van der Waals surface area contributed by atoms with Crippen molar-refractivity contribution in [2.24, 2.45) is 0 Å². The Bertz CT molecular complexity index is 1020. The van der Waals surface area contributed by atoms with Crippen LogP contribution in [0, 0.1) is 0 Å². The molecule has 0 amide bonds. The van der Waals surface area contributed by atoms with Crippen LogP contribution in [0.2, 0.25) is 0 Å². The second-order valence-corrected chi connectivity index (χ2v) is 7.21. The number of nitrogens with one attached hydrogen (secondary N) is 1. The predicted octanol–water partition coefficient (Wildman–Crippen LogP) is 3.11. The summed E-state index contributed by atoms with van der Waals surface area (Å²) in [5, 5.41) is 7.72. The molecule has 0 saturated heterocycles. The summed E-state index contributed by atoms with van der Waals surface area (Å²) in [6, 6.07) is 10.5. The van der Waals surface area contributed by atoms with Crippen molar-refractivity contribution in [1.29, 1.82) is 0 Å². The van der Waals surface area contributed by atoms with Crippen molar-refractivity contribution in [3.05, 3.63) is 60.4 Å². The number of alkyl halides is 3. The molecule has 0 fully saturated rings. The fourth-order valence-electron chi connectivity index (χ4n) is 2.30. The van der Waals surface area contributed by atoms with E-state index in [0.29, 0.717) is 17.5 Å². The SMILES string of the molecule is O=S(=O)(NCCOc1ccc(-c2ccco2)nn1)c1ccccc1C(F)(F)F. The topological polar surface area (TPSA) is 94.3 Å². The minimum Gasteiger partial charge on any atom is -0.475 e. The molecule has 2 heterocycles. The minimum atomic E-state index is -4.78. The zero-order valence-corrected chi connectivity index (χ0v) is 15.0. The monoisotopic (exact) mass is 413 g/mol. The van der Waals surface area contributed by atoms with Crippen LogP contribution in [-0.2, 0) is 16.2 Å². The Labute approximate surface area is 158 Å². The Morgan fingerprint density at radius 3 is 2.46 bits per heavy atom. The number of nitrogens with zero attached hydrogens (tertiary/aromatic N) is 2. The standard InChI is InChI=1S/C17H14F3N3O4S/c18-17(19,20)12-4-1-2-6-15(12)28(24,25)21-9-11-27-16-8-7-13(22-23-16)14-5-3-10-26-14/h1-8,10,21H,9,11H2. The van der Waals surface area contributed by atoms with E-state index in [9.17, 15) is 21.6 Å². The van der Waals surface area contributed by atoms with E-state index in [2.05, 4.69) is 14.9 Å². The molecular formula is C17H14F3N3O4S. The van der Waals surface area contributed by atoms with E-state index in [1.165, 1.54) is 18.4 Å². The van der Waals surface area contributed by atoms with Gasteiger partial charge in [-0.15, -0.1) is 10.2 Å². The first kappa shape index (κ1) is 19.8. The van der Waals surface area contributed by atoms with Crippen LogP contribution in [-0.4, -0.2) is 31.8 Å². The van der Waals surface area contributed by atoms with Gasteiger partial charge in [-0.25, -0.2) is 13.1 Å². The third-order valence-corrected chi connectivity index (χ3v) is 5.06. The molecule has 2 aromatic heterocycles. The highest BCUT2D eigenvalue weighted by Crippen LogP contribution is 2.33. The molecule has 0 bridgehead atoms. The molecule has 1 aromatic carbocycles. The Kier molecular flexibility index (Phi) is 5.66. The van der Waals surface area contributed by atoms with Crippen molar-refractivity contribution in [3.8, 4) is 17.3 Å². The molecule has 0 aliphatic rings. The highest BCUT2D eigenvalue weighted by atomic mass is 32.2. The normalized spacial score (nSPS) is 12.1. The van der Waals surface area contributed by atoms with Crippen LogP contribution in [0.4, 0.5) is 13.2 Å². The maximum absolute atomic E-state index is 13.0. The van der Waals surface area contributed by atoms with Gasteiger partial charge in [0, 0.05) is 12.6 Å². The van der Waals surface area contributed by atoms with Crippen molar-refractivity contribution >= 4 is 10.0 Å². The molecule has 7 nitrogen and oxygen atoms in total. The third kappa shape index (κ3) is 4.67. The summed E-state index contributed by atoms with van der Waals surface area (Å²) >= 11 is 0. The second-order valence-electron chi connectivity index (χ2n) is 5.47. The summed E-state index contributed by atoms with van der Waals surface area (Å²) in [6.45, 7) is -0.404. The second kappa shape index (κ2) is 7.98. The van der Waals surface area contributed by atoms with E-state index < -0.39 is 26.7 Å². The van der Waals surface area contributed by atoms with Gasteiger partial charge in [0.15, 0.2) is 5.76 Å². The number of aromatic nitrogens is 2. The van der Waals surface area contributed by atoms with Gasteiger partial charge in [-0.2, -0.15) is 13.2 Å². The fourth-order valence-corrected chi connectivity index (χ4v) is 3.54. The van der Waals surface area contributed by atoms with Gasteiger partial charge in [0.25, 0.3) is 0 Å². The lowest BCUT2D eigenvalue weighted by Crippen LogP contribution is -2.30. The van der Waals surface area contributed by atoms with Crippen molar-refractivity contribution in [2.45, 2.75) is 11.1 Å². The molecule has 28 heavy (non-hydrogen) atoms. The molecule has 0 spiro atoms. The average molecular weight is 413 g/mol. The Morgan fingerprint density at radius 2 is 1.82 bits per heavy atom. The fraction of sp³-hybridized carbons (Fsp3) is 0.176. The van der Waals surface area contributed by atoms with Crippen LogP contribution in [0.25, 0.3) is 11.5 Å². The van der Waals surface area contributed by atoms with Gasteiger partial charge in [0.05, 0.1) is 16.7 Å². The first-order valence-corrected chi connectivity index (χ1v) is 9.42. The number of rotatable bonds is 7. The quantitative estimate of drug-likeness (QED) is 0.598. The summed E-state index contributed by atoms with van der Waals surface area (Å²) in [5.74, 6) is 0.653. The van der Waals surface area contributed by atoms with Gasteiger partial charge in [-0.1, -0.05) is 12.1 Å². The van der Waals surface area contributed by atoms with E-state index >= 15 is 0 Å². The van der Waals surface area contributed by atoms with Crippen molar-refractivity contribution < 1.29 is 30.7 Å². The van der Waals surface area contributed by atoms with Crippen molar-refractivity contribution in [1.82, 2.24) is 14.9 Å². The molecule has 0 radical (unpaired) electrons. The number of benzene rings is 1. The summed E-state index contributed by atoms with van der Waals surface area (Å²) in [7, 11) is -4.36. The molecule has 3 aromatic rings. The van der Waals surface area contributed by atoms with Gasteiger partial charge in [-0.3, -0.25) is 0 Å². The average Bonchev–Trinajstić information content (AvgIpc) is 3.20. The lowest BCUT2D eigenvalue weighted by molar-refractivity contribution is -0.139. The van der Waals surface area contributed by atoms with Gasteiger partial charge in [0.2, 0.25) is 15.9 Å². The summed E-state index contributed by atoms with van der Waals surface area (Å²) < 4.78 is 75.8.